The molecule has 7 heteroatoms. The van der Waals surface area contributed by atoms with E-state index >= 15 is 0 Å². The molecule has 2 heterocycles. The fourth-order valence-corrected chi connectivity index (χ4v) is 2.93. The van der Waals surface area contributed by atoms with Crippen molar-refractivity contribution in [3.63, 3.8) is 0 Å². The van der Waals surface area contributed by atoms with Gasteiger partial charge in [-0.05, 0) is 43.3 Å². The van der Waals surface area contributed by atoms with E-state index in [1.807, 2.05) is 18.3 Å². The van der Waals surface area contributed by atoms with Crippen molar-refractivity contribution in [3.05, 3.63) is 34.4 Å². The van der Waals surface area contributed by atoms with Crippen LogP contribution in [-0.4, -0.2) is 35.6 Å². The van der Waals surface area contributed by atoms with E-state index in [-0.39, 0.29) is 6.10 Å². The Balaban J connectivity index is 1.54. The molecular weight excluding hydrogens is 364 g/mol. The highest BCUT2D eigenvalue weighted by molar-refractivity contribution is 9.10. The molecule has 1 atom stereocenters. The van der Waals surface area contributed by atoms with Crippen molar-refractivity contribution in [3.8, 4) is 0 Å². The highest BCUT2D eigenvalue weighted by Crippen LogP contribution is 2.21. The fourth-order valence-electron chi connectivity index (χ4n) is 2.43. The second-order valence-corrected chi connectivity index (χ2v) is 6.47. The number of rotatable bonds is 4. The molecule has 0 unspecified atom stereocenters. The van der Waals surface area contributed by atoms with Crippen LogP contribution < -0.4 is 10.7 Å². The zero-order valence-corrected chi connectivity index (χ0v) is 14.3. The van der Waals surface area contributed by atoms with Gasteiger partial charge < -0.3 is 15.0 Å². The molecule has 1 aliphatic rings. The summed E-state index contributed by atoms with van der Waals surface area (Å²) in [4.78, 5) is 3.21. The van der Waals surface area contributed by atoms with Crippen molar-refractivity contribution in [1.82, 2.24) is 15.7 Å². The predicted molar refractivity (Wildman–Crippen MR) is 96.3 cm³/mol. The Morgan fingerprint density at radius 3 is 3.27 bits per heavy atom. The van der Waals surface area contributed by atoms with Crippen LogP contribution in [0.25, 0.3) is 10.9 Å². The van der Waals surface area contributed by atoms with Gasteiger partial charge in [0, 0.05) is 40.3 Å². The number of fused-ring (bicyclic) bond motifs is 1. The Kier molecular flexibility index (Phi) is 5.07. The van der Waals surface area contributed by atoms with Crippen LogP contribution in [0.1, 0.15) is 18.4 Å². The molecule has 0 spiro atoms. The molecule has 0 radical (unpaired) electrons. The summed E-state index contributed by atoms with van der Waals surface area (Å²) in [7, 11) is 0. The van der Waals surface area contributed by atoms with Gasteiger partial charge in [0.1, 0.15) is 0 Å². The molecule has 1 fully saturated rings. The lowest BCUT2D eigenvalue weighted by Gasteiger charge is -2.11. The number of hydrogen-bond acceptors (Lipinski definition) is 3. The maximum atomic E-state index is 5.53. The Morgan fingerprint density at radius 2 is 2.45 bits per heavy atom. The number of thiocarbonyl (C=S) groups is 1. The van der Waals surface area contributed by atoms with Crippen LogP contribution in [0.5, 0.6) is 0 Å². The lowest BCUT2D eigenvalue weighted by molar-refractivity contribution is 0.114. The molecule has 22 heavy (non-hydrogen) atoms. The van der Waals surface area contributed by atoms with E-state index in [4.69, 9.17) is 17.0 Å². The van der Waals surface area contributed by atoms with Crippen LogP contribution in [0.2, 0.25) is 0 Å². The minimum Gasteiger partial charge on any atom is -0.376 e. The van der Waals surface area contributed by atoms with E-state index in [2.05, 4.69) is 42.8 Å². The minimum absolute atomic E-state index is 0.259. The average Bonchev–Trinajstić information content (AvgIpc) is 3.15. The molecule has 2 aromatic rings. The van der Waals surface area contributed by atoms with E-state index < -0.39 is 0 Å². The van der Waals surface area contributed by atoms with Crippen molar-refractivity contribution < 1.29 is 4.74 Å². The van der Waals surface area contributed by atoms with Crippen molar-refractivity contribution in [1.29, 1.82) is 0 Å². The molecule has 3 rings (SSSR count). The fraction of sp³-hybridized carbons (Fsp3) is 0.333. The number of hydrogen-bond donors (Lipinski definition) is 3. The molecule has 1 aliphatic heterocycles. The summed E-state index contributed by atoms with van der Waals surface area (Å²) in [5.41, 5.74) is 4.91. The monoisotopic (exact) mass is 380 g/mol. The Morgan fingerprint density at radius 1 is 1.55 bits per heavy atom. The first kappa shape index (κ1) is 15.5. The molecule has 3 N–H and O–H groups in total. The normalized spacial score (nSPS) is 18.1. The number of nitrogens with zero attached hydrogens (tertiary/aromatic N) is 1. The summed E-state index contributed by atoms with van der Waals surface area (Å²) in [6.45, 7) is 1.57. The molecule has 1 aromatic carbocycles. The van der Waals surface area contributed by atoms with Crippen molar-refractivity contribution in [2.75, 3.05) is 13.2 Å². The second kappa shape index (κ2) is 7.21. The zero-order chi connectivity index (χ0) is 15.4. The summed E-state index contributed by atoms with van der Waals surface area (Å²) in [5.74, 6) is 0. The summed E-state index contributed by atoms with van der Waals surface area (Å²) < 4.78 is 6.57. The smallest absolute Gasteiger partial charge is 0.187 e. The largest absolute Gasteiger partial charge is 0.376 e. The summed E-state index contributed by atoms with van der Waals surface area (Å²) in [6, 6.07) is 6.08. The van der Waals surface area contributed by atoms with Crippen LogP contribution in [0, 0.1) is 0 Å². The van der Waals surface area contributed by atoms with Gasteiger partial charge in [0.05, 0.1) is 12.3 Å². The van der Waals surface area contributed by atoms with Crippen LogP contribution in [0.3, 0.4) is 0 Å². The quantitative estimate of drug-likeness (QED) is 0.433. The van der Waals surface area contributed by atoms with E-state index in [1.54, 1.807) is 6.21 Å². The van der Waals surface area contributed by atoms with E-state index in [0.717, 1.165) is 46.9 Å². The van der Waals surface area contributed by atoms with Gasteiger partial charge in [-0.2, -0.15) is 5.10 Å². The topological polar surface area (TPSA) is 61.4 Å². The zero-order valence-electron chi connectivity index (χ0n) is 11.9. The number of aromatic nitrogens is 1. The SMILES string of the molecule is S=C(NC[C@H]1CCCO1)N/N=C/c1c[nH]c2ccc(Br)cc12. The molecule has 0 bridgehead atoms. The third-order valence-corrected chi connectivity index (χ3v) is 4.29. The first-order valence-electron chi connectivity index (χ1n) is 7.17. The van der Waals surface area contributed by atoms with Crippen LogP contribution in [-0.2, 0) is 4.74 Å². The number of H-pyrrole nitrogens is 1. The second-order valence-electron chi connectivity index (χ2n) is 5.15. The molecule has 1 aromatic heterocycles. The Hall–Kier alpha value is -1.44. The van der Waals surface area contributed by atoms with Gasteiger partial charge in [-0.15, -0.1) is 0 Å². The van der Waals surface area contributed by atoms with Gasteiger partial charge in [-0.3, -0.25) is 5.43 Å². The van der Waals surface area contributed by atoms with Gasteiger partial charge in [-0.1, -0.05) is 15.9 Å². The molecule has 0 aliphatic carbocycles. The lowest BCUT2D eigenvalue weighted by Crippen LogP contribution is -2.37. The molecule has 1 saturated heterocycles. The van der Waals surface area contributed by atoms with Crippen LogP contribution in [0.4, 0.5) is 0 Å². The number of hydrazone groups is 1. The van der Waals surface area contributed by atoms with Crippen LogP contribution in [0.15, 0.2) is 34.0 Å². The first-order valence-corrected chi connectivity index (χ1v) is 8.37. The van der Waals surface area contributed by atoms with Gasteiger partial charge in [0.25, 0.3) is 0 Å². The minimum atomic E-state index is 0.259. The molecule has 5 nitrogen and oxygen atoms in total. The third kappa shape index (κ3) is 3.85. The highest BCUT2D eigenvalue weighted by Gasteiger charge is 2.14. The average molecular weight is 381 g/mol. The van der Waals surface area contributed by atoms with E-state index in [9.17, 15) is 0 Å². The maximum absolute atomic E-state index is 5.53. The molecule has 116 valence electrons. The van der Waals surface area contributed by atoms with Gasteiger partial charge in [0.2, 0.25) is 0 Å². The first-order chi connectivity index (χ1) is 10.7. The maximum Gasteiger partial charge on any atom is 0.187 e. The van der Waals surface area contributed by atoms with Crippen molar-refractivity contribution in [2.24, 2.45) is 5.10 Å². The van der Waals surface area contributed by atoms with Gasteiger partial charge in [-0.25, -0.2) is 0 Å². The molecule has 0 saturated carbocycles. The number of halogens is 1. The predicted octanol–water partition coefficient (Wildman–Crippen LogP) is 2.91. The van der Waals surface area contributed by atoms with Crippen molar-refractivity contribution >= 4 is 50.4 Å². The Labute approximate surface area is 142 Å². The summed E-state index contributed by atoms with van der Waals surface area (Å²) >= 11 is 8.67. The summed E-state index contributed by atoms with van der Waals surface area (Å²) in [6.07, 6.45) is 6.15. The standard InChI is InChI=1S/C15H17BrN4OS/c16-11-3-4-14-13(6-11)10(7-17-14)8-19-20-15(22)18-9-12-2-1-5-21-12/h3-4,6-8,12,17H,1-2,5,9H2,(H2,18,20,22)/b19-8+/t12-/m1/s1. The summed E-state index contributed by atoms with van der Waals surface area (Å²) in [5, 5.41) is 8.92. The van der Waals surface area contributed by atoms with Gasteiger partial charge in [0.15, 0.2) is 5.11 Å². The lowest BCUT2D eigenvalue weighted by atomic mass is 10.2. The molecule has 0 amide bonds. The van der Waals surface area contributed by atoms with E-state index in [0.29, 0.717) is 5.11 Å². The van der Waals surface area contributed by atoms with Gasteiger partial charge >= 0.3 is 0 Å². The highest BCUT2D eigenvalue weighted by atomic mass is 79.9. The van der Waals surface area contributed by atoms with Crippen molar-refractivity contribution in [2.45, 2.75) is 18.9 Å². The van der Waals surface area contributed by atoms with Crippen LogP contribution >= 0.6 is 28.1 Å². The molecular formula is C15H17BrN4OS. The number of benzene rings is 1. The number of nitrogens with one attached hydrogen (secondary N) is 3. The number of ether oxygens (including phenoxy) is 1. The third-order valence-electron chi connectivity index (χ3n) is 3.56. The van der Waals surface area contributed by atoms with E-state index in [1.165, 1.54) is 0 Å². The number of aromatic amines is 1. The Bertz CT molecular complexity index is 694.